The molecule has 0 amide bonds. The molecule has 3 N–H and O–H groups in total. The van der Waals surface area contributed by atoms with Crippen LogP contribution >= 0.6 is 12.4 Å². The first-order chi connectivity index (χ1) is 13.7. The fraction of sp³-hybridized carbons (Fsp3) is 0.238. The number of hydrogen-bond acceptors (Lipinski definition) is 7. The van der Waals surface area contributed by atoms with E-state index in [-0.39, 0.29) is 12.4 Å². The number of nitrogen functional groups attached to an aromatic ring is 1. The first kappa shape index (κ1) is 22.3. The second-order valence-electron chi connectivity index (χ2n) is 6.13. The Bertz CT molecular complexity index is 910. The molecule has 1 heterocycles. The Morgan fingerprint density at radius 1 is 0.966 bits per heavy atom. The van der Waals surface area contributed by atoms with Crippen molar-refractivity contribution in [3.05, 3.63) is 71.4 Å². The summed E-state index contributed by atoms with van der Waals surface area (Å²) in [4.78, 5) is 8.63. The van der Waals surface area contributed by atoms with Crippen LogP contribution in [0, 0.1) is 0 Å². The molecule has 2 aromatic carbocycles. The highest BCUT2D eigenvalue weighted by Crippen LogP contribution is 2.29. The number of benzene rings is 2. The van der Waals surface area contributed by atoms with Gasteiger partial charge >= 0.3 is 0 Å². The van der Waals surface area contributed by atoms with Crippen molar-refractivity contribution >= 4 is 24.2 Å². The predicted molar refractivity (Wildman–Crippen MR) is 116 cm³/mol. The number of ether oxygens (including phenoxy) is 3. The number of nitrogens with zero attached hydrogens (tertiary/aromatic N) is 2. The number of nitrogens with one attached hydrogen (secondary N) is 1. The Morgan fingerprint density at radius 2 is 1.72 bits per heavy atom. The van der Waals surface area contributed by atoms with E-state index in [0.717, 1.165) is 16.7 Å². The van der Waals surface area contributed by atoms with Crippen LogP contribution in [0.3, 0.4) is 0 Å². The zero-order valence-electron chi connectivity index (χ0n) is 16.4. The topological polar surface area (TPSA) is 91.5 Å². The summed E-state index contributed by atoms with van der Waals surface area (Å²) in [6, 6.07) is 15.7. The number of anilines is 2. The Kier molecular flexibility index (Phi) is 8.51. The molecule has 3 rings (SSSR count). The fourth-order valence-corrected chi connectivity index (χ4v) is 2.71. The van der Waals surface area contributed by atoms with Crippen molar-refractivity contribution in [2.24, 2.45) is 0 Å². The maximum Gasteiger partial charge on any atom is 0.226 e. The van der Waals surface area contributed by atoms with Gasteiger partial charge in [0.05, 0.1) is 20.8 Å². The second kappa shape index (κ2) is 11.1. The zero-order valence-corrected chi connectivity index (χ0v) is 17.2. The summed E-state index contributed by atoms with van der Waals surface area (Å²) in [6.45, 7) is 0.810. The lowest BCUT2D eigenvalue weighted by molar-refractivity contribution is 0.138. The fourth-order valence-electron chi connectivity index (χ4n) is 2.71. The van der Waals surface area contributed by atoms with E-state index in [2.05, 4.69) is 15.3 Å². The lowest BCUT2D eigenvalue weighted by atomic mass is 10.1. The Morgan fingerprint density at radius 3 is 2.41 bits per heavy atom. The molecule has 0 atom stereocenters. The molecule has 0 saturated heterocycles. The van der Waals surface area contributed by atoms with Gasteiger partial charge < -0.3 is 25.3 Å². The molecule has 0 aliphatic heterocycles. The average molecular weight is 417 g/mol. The first-order valence-electron chi connectivity index (χ1n) is 8.87. The standard InChI is InChI=1S/C21H24N4O3.ClH/c1-26-18-9-8-16(11-19(18)27-2)10-17-12-23-21(25-20(17)22)24-14-28-13-15-6-4-3-5-7-15;/h3-9,11-12H,10,13-14H2,1-2H3,(H3,22,23,24,25);1H. The molecular weight excluding hydrogens is 392 g/mol. The van der Waals surface area contributed by atoms with Crippen molar-refractivity contribution in [1.29, 1.82) is 0 Å². The molecule has 154 valence electrons. The second-order valence-corrected chi connectivity index (χ2v) is 6.13. The molecule has 0 bridgehead atoms. The summed E-state index contributed by atoms with van der Waals surface area (Å²) in [7, 11) is 3.22. The van der Waals surface area contributed by atoms with E-state index in [4.69, 9.17) is 19.9 Å². The van der Waals surface area contributed by atoms with E-state index in [1.54, 1.807) is 20.4 Å². The average Bonchev–Trinajstić information content (AvgIpc) is 2.73. The van der Waals surface area contributed by atoms with Gasteiger partial charge in [0.2, 0.25) is 5.95 Å². The molecule has 0 aliphatic rings. The molecule has 0 aliphatic carbocycles. The third kappa shape index (κ3) is 6.23. The van der Waals surface area contributed by atoms with E-state index in [0.29, 0.717) is 43.0 Å². The largest absolute Gasteiger partial charge is 0.493 e. The number of rotatable bonds is 9. The maximum atomic E-state index is 6.10. The minimum atomic E-state index is 0. The van der Waals surface area contributed by atoms with Gasteiger partial charge in [-0.2, -0.15) is 4.98 Å². The van der Waals surface area contributed by atoms with E-state index in [1.807, 2.05) is 48.5 Å². The molecule has 0 fully saturated rings. The van der Waals surface area contributed by atoms with Gasteiger partial charge in [-0.05, 0) is 23.3 Å². The van der Waals surface area contributed by atoms with Crippen LogP contribution in [0.25, 0.3) is 0 Å². The van der Waals surface area contributed by atoms with Crippen LogP contribution in [-0.4, -0.2) is 30.9 Å². The highest BCUT2D eigenvalue weighted by molar-refractivity contribution is 5.85. The minimum Gasteiger partial charge on any atom is -0.493 e. The zero-order chi connectivity index (χ0) is 19.8. The van der Waals surface area contributed by atoms with Crippen molar-refractivity contribution in [2.75, 3.05) is 32.0 Å². The first-order valence-corrected chi connectivity index (χ1v) is 8.87. The quantitative estimate of drug-likeness (QED) is 0.406. The molecule has 1 aromatic heterocycles. The minimum absolute atomic E-state index is 0. The molecule has 0 spiro atoms. The summed E-state index contributed by atoms with van der Waals surface area (Å²) in [5.74, 6) is 2.22. The molecule has 0 radical (unpaired) electrons. The Labute approximate surface area is 176 Å². The van der Waals surface area contributed by atoms with Gasteiger partial charge in [-0.25, -0.2) is 4.98 Å². The lowest BCUT2D eigenvalue weighted by Crippen LogP contribution is -2.11. The predicted octanol–water partition coefficient (Wildman–Crippen LogP) is 3.67. The van der Waals surface area contributed by atoms with Gasteiger partial charge in [0, 0.05) is 18.2 Å². The molecule has 0 unspecified atom stereocenters. The van der Waals surface area contributed by atoms with Gasteiger partial charge in [0.1, 0.15) is 12.5 Å². The van der Waals surface area contributed by atoms with Crippen molar-refractivity contribution in [1.82, 2.24) is 9.97 Å². The van der Waals surface area contributed by atoms with Gasteiger partial charge in [-0.15, -0.1) is 12.4 Å². The maximum absolute atomic E-state index is 6.10. The van der Waals surface area contributed by atoms with Crippen LogP contribution in [0.1, 0.15) is 16.7 Å². The van der Waals surface area contributed by atoms with Crippen LogP contribution in [0.2, 0.25) is 0 Å². The number of methoxy groups -OCH3 is 2. The van der Waals surface area contributed by atoms with E-state index in [9.17, 15) is 0 Å². The van der Waals surface area contributed by atoms with Crippen molar-refractivity contribution in [2.45, 2.75) is 13.0 Å². The molecular formula is C21H25ClN4O3. The molecule has 29 heavy (non-hydrogen) atoms. The summed E-state index contributed by atoms with van der Waals surface area (Å²) < 4.78 is 16.2. The van der Waals surface area contributed by atoms with Gasteiger partial charge in [-0.1, -0.05) is 36.4 Å². The van der Waals surface area contributed by atoms with Crippen LogP contribution in [-0.2, 0) is 17.8 Å². The van der Waals surface area contributed by atoms with Crippen molar-refractivity contribution < 1.29 is 14.2 Å². The highest BCUT2D eigenvalue weighted by Gasteiger charge is 2.09. The Hall–Kier alpha value is -3.03. The van der Waals surface area contributed by atoms with Crippen LogP contribution < -0.4 is 20.5 Å². The van der Waals surface area contributed by atoms with Crippen molar-refractivity contribution in [3.8, 4) is 11.5 Å². The van der Waals surface area contributed by atoms with E-state index >= 15 is 0 Å². The summed E-state index contributed by atoms with van der Waals surface area (Å²) >= 11 is 0. The third-order valence-electron chi connectivity index (χ3n) is 4.18. The third-order valence-corrected chi connectivity index (χ3v) is 4.18. The molecule has 8 heteroatoms. The number of nitrogens with two attached hydrogens (primary N) is 1. The van der Waals surface area contributed by atoms with Crippen LogP contribution in [0.4, 0.5) is 11.8 Å². The lowest BCUT2D eigenvalue weighted by Gasteiger charge is -2.11. The molecule has 7 nitrogen and oxygen atoms in total. The normalized spacial score (nSPS) is 10.1. The van der Waals surface area contributed by atoms with Gasteiger partial charge in [0.15, 0.2) is 11.5 Å². The van der Waals surface area contributed by atoms with Crippen LogP contribution in [0.15, 0.2) is 54.7 Å². The number of hydrogen-bond donors (Lipinski definition) is 2. The Balaban J connectivity index is 0.00000300. The summed E-state index contributed by atoms with van der Waals surface area (Å²) in [5.41, 5.74) is 9.07. The van der Waals surface area contributed by atoms with E-state index < -0.39 is 0 Å². The number of aromatic nitrogens is 2. The molecule has 0 saturated carbocycles. The SMILES string of the molecule is COc1ccc(Cc2cnc(NCOCc3ccccc3)nc2N)cc1OC.Cl. The van der Waals surface area contributed by atoms with Crippen molar-refractivity contribution in [3.63, 3.8) is 0 Å². The van der Waals surface area contributed by atoms with Crippen LogP contribution in [0.5, 0.6) is 11.5 Å². The van der Waals surface area contributed by atoms with E-state index in [1.165, 1.54) is 0 Å². The van der Waals surface area contributed by atoms with Gasteiger partial charge in [-0.3, -0.25) is 0 Å². The summed E-state index contributed by atoms with van der Waals surface area (Å²) in [5, 5.41) is 3.02. The number of halogens is 1. The van der Waals surface area contributed by atoms with Gasteiger partial charge in [0.25, 0.3) is 0 Å². The molecule has 3 aromatic rings. The highest BCUT2D eigenvalue weighted by atomic mass is 35.5. The smallest absolute Gasteiger partial charge is 0.226 e. The monoisotopic (exact) mass is 416 g/mol. The summed E-state index contributed by atoms with van der Waals surface area (Å²) in [6.07, 6.45) is 2.32.